The van der Waals surface area contributed by atoms with E-state index in [1.54, 1.807) is 81.4 Å². The summed E-state index contributed by atoms with van der Waals surface area (Å²) < 4.78 is 11.6. The van der Waals surface area contributed by atoms with E-state index in [1.165, 1.54) is 6.92 Å². The van der Waals surface area contributed by atoms with Crippen molar-refractivity contribution in [1.29, 1.82) is 0 Å². The average Bonchev–Trinajstić information content (AvgIpc) is 3.11. The molecule has 4 rings (SSSR count). The van der Waals surface area contributed by atoms with E-state index in [9.17, 15) is 38.4 Å². The van der Waals surface area contributed by atoms with Gasteiger partial charge in [-0.3, -0.25) is 48.8 Å². The van der Waals surface area contributed by atoms with E-state index in [0.717, 1.165) is 12.0 Å². The Morgan fingerprint density at radius 1 is 0.719 bits per heavy atom. The Kier molecular flexibility index (Phi) is 30.1. The first-order chi connectivity index (χ1) is 42.1. The van der Waals surface area contributed by atoms with Gasteiger partial charge in [0, 0.05) is 69.1 Å². The number of anilines is 3. The molecule has 1 saturated heterocycles. The minimum absolute atomic E-state index is 0.0112. The number of benzene rings is 3. The van der Waals surface area contributed by atoms with Crippen molar-refractivity contribution < 1.29 is 47.8 Å². The van der Waals surface area contributed by atoms with Gasteiger partial charge in [0.05, 0.1) is 30.4 Å². The van der Waals surface area contributed by atoms with Crippen LogP contribution >= 0.6 is 0 Å². The van der Waals surface area contributed by atoms with Crippen molar-refractivity contribution in [1.82, 2.24) is 36.0 Å². The lowest BCUT2D eigenvalue weighted by Crippen LogP contribution is -2.60. The summed E-state index contributed by atoms with van der Waals surface area (Å²) in [7, 11) is 8.82. The molecule has 3 aromatic rings. The third-order valence-corrected chi connectivity index (χ3v) is 16.6. The van der Waals surface area contributed by atoms with E-state index in [0.29, 0.717) is 55.0 Å². The molecule has 1 heterocycles. The van der Waals surface area contributed by atoms with Crippen molar-refractivity contribution in [3.05, 3.63) is 90.0 Å². The van der Waals surface area contributed by atoms with Gasteiger partial charge < -0.3 is 62.6 Å². The second-order valence-electron chi connectivity index (χ2n) is 24.7. The largest absolute Gasteiger partial charge is 0.444 e. The molecule has 11 N–H and O–H groups in total. The molecule has 8 amide bonds. The Morgan fingerprint density at radius 2 is 1.30 bits per heavy atom. The maximum absolute atomic E-state index is 14.6. The van der Waals surface area contributed by atoms with Crippen LogP contribution in [0.5, 0.6) is 0 Å². The summed E-state index contributed by atoms with van der Waals surface area (Å²) in [6.07, 6.45) is 1.79. The molecule has 0 aliphatic carbocycles. The second-order valence-corrected chi connectivity index (χ2v) is 24.7. The zero-order chi connectivity index (χ0) is 66.2. The number of amides is 8. The van der Waals surface area contributed by atoms with E-state index in [-0.39, 0.29) is 91.1 Å². The molecule has 1 aliphatic heterocycles. The first kappa shape index (κ1) is 74.0. The van der Waals surface area contributed by atoms with Gasteiger partial charge in [-0.1, -0.05) is 111 Å². The Morgan fingerprint density at radius 3 is 1.83 bits per heavy atom. The minimum atomic E-state index is -0.949. The maximum atomic E-state index is 14.6. The number of nitrogens with two attached hydrogens (primary N) is 2. The van der Waals surface area contributed by atoms with Crippen molar-refractivity contribution in [2.75, 3.05) is 64.3 Å². The zero-order valence-corrected chi connectivity index (χ0v) is 55.2. The number of aliphatic imine (C=N–C) groups is 1. The number of hydrogen-bond acceptors (Lipinski definition) is 14. The Labute approximate surface area is 527 Å². The average molecular weight is 1240 g/mol. The summed E-state index contributed by atoms with van der Waals surface area (Å²) in [4.78, 5) is 118. The highest BCUT2D eigenvalue weighted by molar-refractivity contribution is 5.99. The summed E-state index contributed by atoms with van der Waals surface area (Å²) in [5.41, 5.74) is 15.4. The SMILES string of the molecule is CCC(C)C(C(CC(=O)N1CCCC1C(NC)C(C)C(N)=NC(Cc1ccccc1)C(=O)Nc1ccc(NC(=O)OCc2ccc(NC(=O)C(CCCN)NC(=O)C(NC(C)=O)C(C)C)cc2)cc1)OC)N(C)C(=O)C(NC(=O)C(C(C)C)N(C)C)C(C)C. The topological polar surface area (TPSA) is 313 Å². The monoisotopic (exact) mass is 1240 g/mol. The fourth-order valence-corrected chi connectivity index (χ4v) is 11.6. The van der Waals surface area contributed by atoms with Crippen LogP contribution in [0.1, 0.15) is 119 Å². The van der Waals surface area contributed by atoms with E-state index < -0.39 is 72.1 Å². The quantitative estimate of drug-likeness (QED) is 0.0249. The van der Waals surface area contributed by atoms with Gasteiger partial charge in [0.2, 0.25) is 41.4 Å². The highest BCUT2D eigenvalue weighted by atomic mass is 16.5. The summed E-state index contributed by atoms with van der Waals surface area (Å²) in [5, 5.41) is 20.3. The molecule has 0 spiro atoms. The highest BCUT2D eigenvalue weighted by Crippen LogP contribution is 2.29. The van der Waals surface area contributed by atoms with Crippen LogP contribution in [0.15, 0.2) is 83.9 Å². The molecule has 1 fully saturated rings. The van der Waals surface area contributed by atoms with Gasteiger partial charge in [-0.05, 0) is 125 Å². The summed E-state index contributed by atoms with van der Waals surface area (Å²) in [6.45, 7) is 19.4. The van der Waals surface area contributed by atoms with Crippen LogP contribution in [0.4, 0.5) is 21.9 Å². The predicted octanol–water partition coefficient (Wildman–Crippen LogP) is 5.89. The lowest BCUT2D eigenvalue weighted by Gasteiger charge is -2.41. The first-order valence-electron chi connectivity index (χ1n) is 31.3. The number of ether oxygens (including phenoxy) is 2. The van der Waals surface area contributed by atoms with Crippen LogP contribution in [-0.4, -0.2) is 171 Å². The Bertz CT molecular complexity index is 2790. The second kappa shape index (κ2) is 36.3. The van der Waals surface area contributed by atoms with Crippen LogP contribution in [0.25, 0.3) is 0 Å². The highest BCUT2D eigenvalue weighted by Gasteiger charge is 2.43. The van der Waals surface area contributed by atoms with Crippen molar-refractivity contribution >= 4 is 70.3 Å². The van der Waals surface area contributed by atoms with Crippen LogP contribution in [0.2, 0.25) is 0 Å². The van der Waals surface area contributed by atoms with E-state index >= 15 is 0 Å². The number of amidine groups is 1. The van der Waals surface area contributed by atoms with Crippen LogP contribution in [-0.2, 0) is 56.1 Å². The Balaban J connectivity index is 1.42. The molecule has 11 atom stereocenters. The molecule has 492 valence electrons. The van der Waals surface area contributed by atoms with Gasteiger partial charge >= 0.3 is 6.09 Å². The maximum Gasteiger partial charge on any atom is 0.411 e. The zero-order valence-electron chi connectivity index (χ0n) is 55.2. The molecule has 23 heteroatoms. The number of carbonyl (C=O) groups is 8. The molecular formula is C66H103N13O10. The minimum Gasteiger partial charge on any atom is -0.444 e. The smallest absolute Gasteiger partial charge is 0.411 e. The number of nitrogens with zero attached hydrogens (tertiary/aromatic N) is 4. The van der Waals surface area contributed by atoms with Gasteiger partial charge in [0.1, 0.15) is 30.8 Å². The van der Waals surface area contributed by atoms with Crippen LogP contribution in [0.3, 0.4) is 0 Å². The standard InChI is InChI=1S/C66H103N13O10/c1-16-42(8)59(78(14)65(86)56(40(4)5)76-64(85)58(41(6)7)77(12)13)53(88-15)37-54(81)79-35-21-25-52(79)57(69-11)43(9)60(68)74-51(36-45-22-18-17-19-23-45)62(83)72-48-30-32-49(33-31-48)73-66(87)89-38-46-26-28-47(29-27-46)71-61(82)50(24-20-34-67)75-63(84)55(39(2)3)70-44(10)80/h17-19,22-23,26-33,39-43,50-53,55-59,69H,16,20-21,24-25,34-38,67H2,1-15H3,(H2,68,74)(H,70,80)(H,71,82)(H,72,83)(H,73,87)(H,75,84)(H,76,85). The summed E-state index contributed by atoms with van der Waals surface area (Å²) >= 11 is 0. The molecule has 89 heavy (non-hydrogen) atoms. The number of hydrogen-bond donors (Lipinski definition) is 9. The Hall–Kier alpha value is -7.47. The first-order valence-corrected chi connectivity index (χ1v) is 31.3. The third kappa shape index (κ3) is 22.2. The molecule has 11 unspecified atom stereocenters. The lowest BCUT2D eigenvalue weighted by molar-refractivity contribution is -0.146. The number of methoxy groups -OCH3 is 1. The lowest BCUT2D eigenvalue weighted by atomic mass is 9.89. The number of likely N-dealkylation sites (tertiary alicyclic amines) is 1. The van der Waals surface area contributed by atoms with Crippen molar-refractivity contribution in [2.24, 2.45) is 46.0 Å². The van der Waals surface area contributed by atoms with E-state index in [1.807, 2.05) is 110 Å². The van der Waals surface area contributed by atoms with Crippen molar-refractivity contribution in [3.8, 4) is 0 Å². The number of carbonyl (C=O) groups excluding carboxylic acids is 8. The number of rotatable bonds is 34. The normalized spacial score (nSPS) is 16.9. The van der Waals surface area contributed by atoms with Crippen LogP contribution < -0.4 is 48.7 Å². The van der Waals surface area contributed by atoms with Gasteiger partial charge in [0.25, 0.3) is 0 Å². The molecular weight excluding hydrogens is 1130 g/mol. The van der Waals surface area contributed by atoms with E-state index in [4.69, 9.17) is 25.9 Å². The van der Waals surface area contributed by atoms with E-state index in [2.05, 4.69) is 37.2 Å². The third-order valence-electron chi connectivity index (χ3n) is 16.6. The fourth-order valence-electron chi connectivity index (χ4n) is 11.6. The number of likely N-dealkylation sites (N-methyl/N-ethyl adjacent to an activating group) is 3. The van der Waals surface area contributed by atoms with Gasteiger partial charge in [-0.15, -0.1) is 0 Å². The van der Waals surface area contributed by atoms with Crippen molar-refractivity contribution in [3.63, 3.8) is 0 Å². The summed E-state index contributed by atoms with van der Waals surface area (Å²) in [5.74, 6) is -2.97. The molecule has 23 nitrogen and oxygen atoms in total. The molecule has 1 aliphatic rings. The number of nitrogens with one attached hydrogen (secondary N) is 7. The van der Waals surface area contributed by atoms with Gasteiger partial charge in [-0.25, -0.2) is 4.79 Å². The molecule has 3 aromatic carbocycles. The van der Waals surface area contributed by atoms with Gasteiger partial charge in [-0.2, -0.15) is 0 Å². The molecule has 0 saturated carbocycles. The molecule has 0 radical (unpaired) electrons. The molecule has 0 aromatic heterocycles. The van der Waals surface area contributed by atoms with Crippen LogP contribution in [0, 0.1) is 29.6 Å². The van der Waals surface area contributed by atoms with Gasteiger partial charge in [0.15, 0.2) is 0 Å². The van der Waals surface area contributed by atoms with Crippen molar-refractivity contribution in [2.45, 2.75) is 175 Å². The summed E-state index contributed by atoms with van der Waals surface area (Å²) in [6, 6.07) is 17.7. The fraction of sp³-hybridized carbons (Fsp3) is 0.591. The molecule has 0 bridgehead atoms. The predicted molar refractivity (Wildman–Crippen MR) is 349 cm³/mol.